The molecule has 1 aliphatic rings. The summed E-state index contributed by atoms with van der Waals surface area (Å²) in [5, 5.41) is 18.2. The molecule has 25 heavy (non-hydrogen) atoms. The molecule has 0 aromatic heterocycles. The summed E-state index contributed by atoms with van der Waals surface area (Å²) in [5.41, 5.74) is 0.671. The monoisotopic (exact) mass is 343 g/mol. The van der Waals surface area contributed by atoms with E-state index in [1.165, 1.54) is 6.20 Å². The summed E-state index contributed by atoms with van der Waals surface area (Å²) in [5.74, 6) is 0.312. The quantitative estimate of drug-likeness (QED) is 0.370. The molecule has 1 fully saturated rings. The maximum atomic E-state index is 12.2. The van der Waals surface area contributed by atoms with Crippen molar-refractivity contribution in [2.45, 2.75) is 6.92 Å². The number of ether oxygens (including phenoxy) is 1. The highest BCUT2D eigenvalue weighted by molar-refractivity contribution is 6.06. The van der Waals surface area contributed by atoms with Crippen LogP contribution >= 0.6 is 0 Å². The van der Waals surface area contributed by atoms with E-state index in [-0.39, 0.29) is 5.57 Å². The van der Waals surface area contributed by atoms with Crippen LogP contribution in [0.1, 0.15) is 6.92 Å². The zero-order valence-corrected chi connectivity index (χ0v) is 14.5. The van der Waals surface area contributed by atoms with Gasteiger partial charge in [0.1, 0.15) is 17.4 Å². The molecule has 1 aromatic carbocycles. The highest BCUT2D eigenvalue weighted by Gasteiger charge is 2.10. The van der Waals surface area contributed by atoms with Crippen molar-refractivity contribution in [2.75, 3.05) is 51.2 Å². The van der Waals surface area contributed by atoms with E-state index < -0.39 is 5.91 Å². The fourth-order valence-corrected chi connectivity index (χ4v) is 2.48. The molecule has 0 aliphatic carbocycles. The Kier molecular flexibility index (Phi) is 7.76. The summed E-state index contributed by atoms with van der Waals surface area (Å²) < 4.78 is 5.36. The van der Waals surface area contributed by atoms with Crippen LogP contribution in [0.5, 0.6) is 5.75 Å². The molecule has 3 N–H and O–H groups in total. The highest BCUT2D eigenvalue weighted by atomic mass is 16.5. The van der Waals surface area contributed by atoms with Crippen molar-refractivity contribution in [1.29, 1.82) is 5.26 Å². The number of rotatable bonds is 8. The largest absolute Gasteiger partial charge is 0.494 e. The molecule has 1 aliphatic heterocycles. The fourth-order valence-electron chi connectivity index (χ4n) is 2.48. The third-order valence-electron chi connectivity index (χ3n) is 3.82. The number of nitrogens with one attached hydrogen (secondary N) is 3. The van der Waals surface area contributed by atoms with E-state index in [1.54, 1.807) is 24.3 Å². The molecule has 0 spiro atoms. The van der Waals surface area contributed by atoms with Crippen LogP contribution in [-0.4, -0.2) is 56.7 Å². The molecular weight excluding hydrogens is 318 g/mol. The van der Waals surface area contributed by atoms with Crippen molar-refractivity contribution in [2.24, 2.45) is 0 Å². The van der Waals surface area contributed by atoms with E-state index >= 15 is 0 Å². The van der Waals surface area contributed by atoms with Gasteiger partial charge in [0, 0.05) is 51.2 Å². The third kappa shape index (κ3) is 6.45. The van der Waals surface area contributed by atoms with Crippen molar-refractivity contribution >= 4 is 11.6 Å². The van der Waals surface area contributed by atoms with Crippen LogP contribution in [0.15, 0.2) is 36.0 Å². The minimum Gasteiger partial charge on any atom is -0.494 e. The Bertz CT molecular complexity index is 615. The van der Waals surface area contributed by atoms with E-state index in [2.05, 4.69) is 20.9 Å². The molecule has 134 valence electrons. The van der Waals surface area contributed by atoms with Gasteiger partial charge in [-0.25, -0.2) is 0 Å². The number of benzene rings is 1. The van der Waals surface area contributed by atoms with Gasteiger partial charge in [0.05, 0.1) is 6.61 Å². The van der Waals surface area contributed by atoms with Crippen molar-refractivity contribution < 1.29 is 9.53 Å². The average molecular weight is 343 g/mol. The van der Waals surface area contributed by atoms with E-state index in [0.29, 0.717) is 18.8 Å². The highest BCUT2D eigenvalue weighted by Crippen LogP contribution is 2.16. The lowest BCUT2D eigenvalue weighted by atomic mass is 10.2. The smallest absolute Gasteiger partial charge is 0.267 e. The predicted octanol–water partition coefficient (Wildman–Crippen LogP) is 0.926. The van der Waals surface area contributed by atoms with Gasteiger partial charge < -0.3 is 20.7 Å². The normalized spacial score (nSPS) is 15.3. The molecule has 0 bridgehead atoms. The maximum Gasteiger partial charge on any atom is 0.267 e. The molecule has 0 saturated carbocycles. The Morgan fingerprint density at radius 1 is 1.36 bits per heavy atom. The van der Waals surface area contributed by atoms with Crippen LogP contribution < -0.4 is 20.7 Å². The number of carbonyl (C=O) groups is 1. The van der Waals surface area contributed by atoms with Crippen molar-refractivity contribution in [3.8, 4) is 11.8 Å². The van der Waals surface area contributed by atoms with Crippen LogP contribution in [0, 0.1) is 11.3 Å². The summed E-state index contributed by atoms with van der Waals surface area (Å²) in [6.45, 7) is 8.14. The van der Waals surface area contributed by atoms with Gasteiger partial charge in [-0.15, -0.1) is 0 Å². The zero-order chi connectivity index (χ0) is 17.9. The van der Waals surface area contributed by atoms with E-state index in [4.69, 9.17) is 4.74 Å². The van der Waals surface area contributed by atoms with Crippen LogP contribution in [0.3, 0.4) is 0 Å². The lowest BCUT2D eigenvalue weighted by Crippen LogP contribution is -2.45. The lowest BCUT2D eigenvalue weighted by molar-refractivity contribution is -0.112. The van der Waals surface area contributed by atoms with Gasteiger partial charge >= 0.3 is 0 Å². The second-order valence-electron chi connectivity index (χ2n) is 5.63. The molecule has 7 heteroatoms. The molecule has 0 unspecified atom stereocenters. The number of amides is 1. The number of hydrogen-bond acceptors (Lipinski definition) is 6. The van der Waals surface area contributed by atoms with Gasteiger partial charge in [0.2, 0.25) is 0 Å². The first kappa shape index (κ1) is 18.8. The number of anilines is 1. The lowest BCUT2D eigenvalue weighted by Gasteiger charge is -2.26. The molecule has 1 aromatic rings. The Balaban J connectivity index is 1.79. The average Bonchev–Trinajstić information content (AvgIpc) is 2.64. The minimum absolute atomic E-state index is 0.0502. The maximum absolute atomic E-state index is 12.2. The van der Waals surface area contributed by atoms with Gasteiger partial charge in [-0.3, -0.25) is 9.69 Å². The van der Waals surface area contributed by atoms with Crippen LogP contribution in [0.25, 0.3) is 0 Å². The minimum atomic E-state index is -0.429. The first-order chi connectivity index (χ1) is 12.2. The van der Waals surface area contributed by atoms with Gasteiger partial charge in [-0.1, -0.05) is 0 Å². The summed E-state index contributed by atoms with van der Waals surface area (Å²) in [6, 6.07) is 8.98. The fraction of sp³-hybridized carbons (Fsp3) is 0.444. The van der Waals surface area contributed by atoms with Gasteiger partial charge in [-0.2, -0.15) is 5.26 Å². The second-order valence-corrected chi connectivity index (χ2v) is 5.63. The van der Waals surface area contributed by atoms with Crippen molar-refractivity contribution in [3.63, 3.8) is 0 Å². The van der Waals surface area contributed by atoms with Crippen molar-refractivity contribution in [3.05, 3.63) is 36.0 Å². The van der Waals surface area contributed by atoms with E-state index in [1.807, 2.05) is 13.0 Å². The van der Waals surface area contributed by atoms with Gasteiger partial charge in [0.15, 0.2) is 0 Å². The second kappa shape index (κ2) is 10.3. The van der Waals surface area contributed by atoms with Gasteiger partial charge in [0.25, 0.3) is 5.91 Å². The molecule has 1 heterocycles. The third-order valence-corrected chi connectivity index (χ3v) is 3.82. The van der Waals surface area contributed by atoms with Crippen molar-refractivity contribution in [1.82, 2.24) is 15.5 Å². The summed E-state index contributed by atoms with van der Waals surface area (Å²) in [7, 11) is 0. The number of hydrogen-bond donors (Lipinski definition) is 3. The first-order valence-electron chi connectivity index (χ1n) is 8.54. The summed E-state index contributed by atoms with van der Waals surface area (Å²) in [6.07, 6.45) is 1.48. The molecule has 7 nitrogen and oxygen atoms in total. The standard InChI is InChI=1S/C18H25N5O2/c1-2-25-17-5-3-16(4-6-17)22-18(24)15(13-19)14-21-9-12-23-10-7-20-8-11-23/h3-6,14,20-21H,2,7-12H2,1H3,(H,22,24)/b15-14-. The Morgan fingerprint density at radius 2 is 2.08 bits per heavy atom. The van der Waals surface area contributed by atoms with E-state index in [9.17, 15) is 10.1 Å². The van der Waals surface area contributed by atoms with Crippen LogP contribution in [-0.2, 0) is 4.79 Å². The molecule has 0 atom stereocenters. The van der Waals surface area contributed by atoms with Gasteiger partial charge in [-0.05, 0) is 31.2 Å². The molecule has 1 amide bonds. The zero-order valence-electron chi connectivity index (χ0n) is 14.5. The number of carbonyl (C=O) groups excluding carboxylic acids is 1. The summed E-state index contributed by atoms with van der Waals surface area (Å²) >= 11 is 0. The molecule has 0 radical (unpaired) electrons. The first-order valence-corrected chi connectivity index (χ1v) is 8.54. The number of nitriles is 1. The molecule has 2 rings (SSSR count). The van der Waals surface area contributed by atoms with Crippen LogP contribution in [0.4, 0.5) is 5.69 Å². The van der Waals surface area contributed by atoms with E-state index in [0.717, 1.165) is 38.5 Å². The Morgan fingerprint density at radius 3 is 2.72 bits per heavy atom. The predicted molar refractivity (Wildman–Crippen MR) is 97.2 cm³/mol. The SMILES string of the molecule is CCOc1ccc(NC(=O)/C(C#N)=C\NCCN2CCNCC2)cc1. The Labute approximate surface area is 148 Å². The molecule has 1 saturated heterocycles. The number of piperazine rings is 1. The summed E-state index contributed by atoms with van der Waals surface area (Å²) in [4.78, 5) is 14.5. The molecular formula is C18H25N5O2. The Hall–Kier alpha value is -2.56. The topological polar surface area (TPSA) is 89.4 Å². The van der Waals surface area contributed by atoms with Crippen LogP contribution in [0.2, 0.25) is 0 Å². The number of nitrogens with zero attached hydrogens (tertiary/aromatic N) is 2.